The fourth-order valence-corrected chi connectivity index (χ4v) is 2.32. The van der Waals surface area contributed by atoms with Crippen molar-refractivity contribution >= 4 is 39.1 Å². The smallest absolute Gasteiger partial charge is 0.338 e. The molecular weight excluding hydrogens is 286 g/mol. The molecule has 17 heavy (non-hydrogen) atoms. The quantitative estimate of drug-likeness (QED) is 0.632. The summed E-state index contributed by atoms with van der Waals surface area (Å²) in [7, 11) is 3.14. The number of carbonyl (C=O) groups is 2. The number of aryl methyl sites for hydroxylation is 1. The van der Waals surface area contributed by atoms with Gasteiger partial charge in [0, 0.05) is 28.7 Å². The van der Waals surface area contributed by atoms with E-state index in [0.717, 1.165) is 16.3 Å². The van der Waals surface area contributed by atoms with Crippen LogP contribution >= 0.6 is 15.9 Å². The molecule has 0 aliphatic heterocycles. The molecule has 1 heterocycles. The lowest BCUT2D eigenvalue weighted by molar-refractivity contribution is 0.0603. The Balaban J connectivity index is 2.90. The SMILES string of the molecule is COC(=O)c1cc(Br)cc2c1c(C=O)cn2C. The zero-order chi connectivity index (χ0) is 12.6. The molecular formula is C12H10BrNO3. The Bertz CT molecular complexity index is 616. The maximum absolute atomic E-state index is 11.7. The van der Waals surface area contributed by atoms with Crippen molar-refractivity contribution in [3.8, 4) is 0 Å². The van der Waals surface area contributed by atoms with Gasteiger partial charge in [0.2, 0.25) is 0 Å². The van der Waals surface area contributed by atoms with E-state index in [1.807, 2.05) is 13.1 Å². The molecule has 0 N–H and O–H groups in total. The van der Waals surface area contributed by atoms with Crippen LogP contribution in [0, 0.1) is 0 Å². The lowest BCUT2D eigenvalue weighted by Gasteiger charge is -2.04. The first-order valence-corrected chi connectivity index (χ1v) is 5.70. The molecule has 0 fully saturated rings. The Morgan fingerprint density at radius 2 is 2.18 bits per heavy atom. The molecule has 4 nitrogen and oxygen atoms in total. The van der Waals surface area contributed by atoms with E-state index >= 15 is 0 Å². The van der Waals surface area contributed by atoms with E-state index in [0.29, 0.717) is 16.5 Å². The minimum Gasteiger partial charge on any atom is -0.465 e. The third kappa shape index (κ3) is 1.86. The summed E-state index contributed by atoms with van der Waals surface area (Å²) in [6.07, 6.45) is 2.43. The molecule has 0 aliphatic rings. The minimum atomic E-state index is -0.453. The van der Waals surface area contributed by atoms with Gasteiger partial charge in [-0.1, -0.05) is 15.9 Å². The van der Waals surface area contributed by atoms with Gasteiger partial charge in [-0.15, -0.1) is 0 Å². The van der Waals surface area contributed by atoms with Gasteiger partial charge < -0.3 is 9.30 Å². The van der Waals surface area contributed by atoms with Gasteiger partial charge in [0.15, 0.2) is 6.29 Å². The molecule has 0 radical (unpaired) electrons. The fraction of sp³-hybridized carbons (Fsp3) is 0.167. The standard InChI is InChI=1S/C12H10BrNO3/c1-14-5-7(6-15)11-9(12(16)17-2)3-8(13)4-10(11)14/h3-6H,1-2H3. The van der Waals surface area contributed by atoms with E-state index in [-0.39, 0.29) is 0 Å². The Kier molecular flexibility index (Phi) is 3.02. The molecule has 2 aromatic rings. The second-order valence-corrected chi connectivity index (χ2v) is 4.57. The average Bonchev–Trinajstić information content (AvgIpc) is 2.64. The number of benzene rings is 1. The number of ether oxygens (including phenoxy) is 1. The fourth-order valence-electron chi connectivity index (χ4n) is 1.88. The van der Waals surface area contributed by atoms with Gasteiger partial charge in [-0.2, -0.15) is 0 Å². The first kappa shape index (κ1) is 11.9. The topological polar surface area (TPSA) is 48.3 Å². The maximum atomic E-state index is 11.7. The number of aldehydes is 1. The van der Waals surface area contributed by atoms with Crippen molar-refractivity contribution in [1.29, 1.82) is 0 Å². The van der Waals surface area contributed by atoms with Crippen molar-refractivity contribution in [2.75, 3.05) is 7.11 Å². The Hall–Kier alpha value is -1.62. The normalized spacial score (nSPS) is 10.5. The van der Waals surface area contributed by atoms with Crippen LogP contribution in [0.5, 0.6) is 0 Å². The second kappa shape index (κ2) is 4.33. The van der Waals surface area contributed by atoms with Gasteiger partial charge in [-0.25, -0.2) is 4.79 Å². The van der Waals surface area contributed by atoms with Crippen LogP contribution in [0.1, 0.15) is 20.7 Å². The molecule has 0 bridgehead atoms. The molecule has 0 spiro atoms. The number of carbonyl (C=O) groups excluding carboxylic acids is 2. The summed E-state index contributed by atoms with van der Waals surface area (Å²) < 4.78 is 7.29. The zero-order valence-corrected chi connectivity index (χ0v) is 10.9. The van der Waals surface area contributed by atoms with Crippen LogP contribution in [0.25, 0.3) is 10.9 Å². The van der Waals surface area contributed by atoms with E-state index in [1.54, 1.807) is 16.8 Å². The van der Waals surface area contributed by atoms with E-state index in [9.17, 15) is 9.59 Å². The molecule has 5 heteroatoms. The molecule has 0 unspecified atom stereocenters. The van der Waals surface area contributed by atoms with Gasteiger partial charge in [-0.3, -0.25) is 4.79 Å². The lowest BCUT2D eigenvalue weighted by Crippen LogP contribution is -2.02. The van der Waals surface area contributed by atoms with Gasteiger partial charge in [-0.05, 0) is 12.1 Å². The van der Waals surface area contributed by atoms with Gasteiger partial charge in [0.1, 0.15) is 0 Å². The Labute approximate surface area is 106 Å². The van der Waals surface area contributed by atoms with Crippen molar-refractivity contribution in [1.82, 2.24) is 4.57 Å². The lowest BCUT2D eigenvalue weighted by atomic mass is 10.1. The predicted molar refractivity (Wildman–Crippen MR) is 67.3 cm³/mol. The van der Waals surface area contributed by atoms with E-state index in [4.69, 9.17) is 4.74 Å². The Morgan fingerprint density at radius 1 is 1.47 bits per heavy atom. The highest BCUT2D eigenvalue weighted by Gasteiger charge is 2.17. The Morgan fingerprint density at radius 3 is 2.76 bits per heavy atom. The molecule has 0 aliphatic carbocycles. The monoisotopic (exact) mass is 295 g/mol. The van der Waals surface area contributed by atoms with Gasteiger partial charge in [0.25, 0.3) is 0 Å². The summed E-state index contributed by atoms with van der Waals surface area (Å²) >= 11 is 3.34. The molecule has 0 saturated carbocycles. The molecule has 2 rings (SSSR count). The van der Waals surface area contributed by atoms with Crippen LogP contribution in [0.3, 0.4) is 0 Å². The molecule has 88 valence electrons. The summed E-state index contributed by atoms with van der Waals surface area (Å²) in [5, 5.41) is 0.623. The first-order valence-electron chi connectivity index (χ1n) is 4.90. The third-order valence-corrected chi connectivity index (χ3v) is 3.07. The third-order valence-electron chi connectivity index (χ3n) is 2.62. The minimum absolute atomic E-state index is 0.388. The number of nitrogens with zero attached hydrogens (tertiary/aromatic N) is 1. The van der Waals surface area contributed by atoms with Crippen molar-refractivity contribution < 1.29 is 14.3 Å². The van der Waals surface area contributed by atoms with Crippen LogP contribution in [0.15, 0.2) is 22.8 Å². The summed E-state index contributed by atoms with van der Waals surface area (Å²) in [5.74, 6) is -0.453. The largest absolute Gasteiger partial charge is 0.465 e. The van der Waals surface area contributed by atoms with Crippen molar-refractivity contribution in [2.45, 2.75) is 0 Å². The van der Waals surface area contributed by atoms with E-state index in [2.05, 4.69) is 15.9 Å². The highest BCUT2D eigenvalue weighted by atomic mass is 79.9. The summed E-state index contributed by atoms with van der Waals surface area (Å²) in [6.45, 7) is 0. The predicted octanol–water partition coefficient (Wildman–Crippen LogP) is 2.54. The second-order valence-electron chi connectivity index (χ2n) is 3.65. The van der Waals surface area contributed by atoms with Crippen molar-refractivity contribution in [3.63, 3.8) is 0 Å². The summed E-state index contributed by atoms with van der Waals surface area (Å²) in [5.41, 5.74) is 1.68. The number of esters is 1. The molecule has 0 amide bonds. The number of hydrogen-bond donors (Lipinski definition) is 0. The number of hydrogen-bond acceptors (Lipinski definition) is 3. The maximum Gasteiger partial charge on any atom is 0.338 e. The van der Waals surface area contributed by atoms with E-state index < -0.39 is 5.97 Å². The molecule has 0 atom stereocenters. The van der Waals surface area contributed by atoms with Gasteiger partial charge in [0.05, 0.1) is 18.2 Å². The molecule has 0 saturated heterocycles. The molecule has 1 aromatic carbocycles. The highest BCUT2D eigenvalue weighted by molar-refractivity contribution is 9.10. The van der Waals surface area contributed by atoms with Crippen molar-refractivity contribution in [3.05, 3.63) is 33.9 Å². The van der Waals surface area contributed by atoms with Crippen molar-refractivity contribution in [2.24, 2.45) is 7.05 Å². The number of fused-ring (bicyclic) bond motifs is 1. The van der Waals surface area contributed by atoms with Gasteiger partial charge >= 0.3 is 5.97 Å². The number of aromatic nitrogens is 1. The van der Waals surface area contributed by atoms with Crippen LogP contribution in [0.4, 0.5) is 0 Å². The van der Waals surface area contributed by atoms with E-state index in [1.165, 1.54) is 7.11 Å². The molecule has 1 aromatic heterocycles. The summed E-state index contributed by atoms with van der Waals surface area (Å²) in [4.78, 5) is 22.7. The van der Waals surface area contributed by atoms with Crippen LogP contribution in [-0.4, -0.2) is 23.9 Å². The van der Waals surface area contributed by atoms with Crippen LogP contribution in [-0.2, 0) is 11.8 Å². The summed E-state index contributed by atoms with van der Waals surface area (Å²) in [6, 6.07) is 3.51. The first-order chi connectivity index (χ1) is 8.08. The number of methoxy groups -OCH3 is 1. The number of halogens is 1. The average molecular weight is 296 g/mol. The van der Waals surface area contributed by atoms with Crippen LogP contribution < -0.4 is 0 Å². The zero-order valence-electron chi connectivity index (χ0n) is 9.36. The highest BCUT2D eigenvalue weighted by Crippen LogP contribution is 2.28. The number of rotatable bonds is 2. The van der Waals surface area contributed by atoms with Crippen LogP contribution in [0.2, 0.25) is 0 Å².